The highest BCUT2D eigenvalue weighted by molar-refractivity contribution is 8.00. The van der Waals surface area contributed by atoms with Crippen molar-refractivity contribution in [3.63, 3.8) is 0 Å². The molecule has 0 radical (unpaired) electrons. The van der Waals surface area contributed by atoms with E-state index in [0.29, 0.717) is 11.4 Å². The summed E-state index contributed by atoms with van der Waals surface area (Å²) in [4.78, 5) is 15.9. The topological polar surface area (TPSA) is 68.0 Å². The molecule has 0 unspecified atom stereocenters. The third-order valence-corrected chi connectivity index (χ3v) is 4.99. The van der Waals surface area contributed by atoms with E-state index in [1.807, 2.05) is 11.8 Å². The molecule has 0 aliphatic heterocycles. The number of nitrogens with two attached hydrogens (primary N) is 1. The minimum atomic E-state index is -0.0668. The first kappa shape index (κ1) is 13.2. The van der Waals surface area contributed by atoms with Crippen LogP contribution in [-0.4, -0.2) is 28.4 Å². The summed E-state index contributed by atoms with van der Waals surface area (Å²) in [6.07, 6.45) is 8.55. The van der Waals surface area contributed by atoms with Crippen molar-refractivity contribution in [2.75, 3.05) is 18.5 Å². The highest BCUT2D eigenvalue weighted by Crippen LogP contribution is 2.39. The standard InChI is InChI=1S/C13H19N3OS/c1-18-13(6-2-3-7-13)9-16-12(17)10-4-5-11(14)15-8-10/h4-5,8H,2-3,6-7,9H2,1H3,(H2,14,15)(H,16,17). The van der Waals surface area contributed by atoms with Crippen molar-refractivity contribution < 1.29 is 4.79 Å². The third kappa shape index (κ3) is 2.96. The summed E-state index contributed by atoms with van der Waals surface area (Å²) < 4.78 is 0.233. The van der Waals surface area contributed by atoms with Crippen LogP contribution in [0.1, 0.15) is 36.0 Å². The number of pyridine rings is 1. The SMILES string of the molecule is CSC1(CNC(=O)c2ccc(N)nc2)CCCC1. The smallest absolute Gasteiger partial charge is 0.252 e. The normalized spacial score (nSPS) is 17.6. The Morgan fingerprint density at radius 1 is 1.50 bits per heavy atom. The van der Waals surface area contributed by atoms with Gasteiger partial charge in [-0.05, 0) is 31.2 Å². The Kier molecular flexibility index (Phi) is 4.11. The Bertz CT molecular complexity index is 413. The summed E-state index contributed by atoms with van der Waals surface area (Å²) in [5.74, 6) is 0.366. The van der Waals surface area contributed by atoms with Crippen LogP contribution < -0.4 is 11.1 Å². The molecule has 1 heterocycles. The van der Waals surface area contributed by atoms with Crippen molar-refractivity contribution in [2.45, 2.75) is 30.4 Å². The summed E-state index contributed by atoms with van der Waals surface area (Å²) in [6.45, 7) is 0.734. The van der Waals surface area contributed by atoms with Crippen LogP contribution in [0.2, 0.25) is 0 Å². The number of carbonyl (C=O) groups excluding carboxylic acids is 1. The van der Waals surface area contributed by atoms with Crippen molar-refractivity contribution in [2.24, 2.45) is 0 Å². The number of anilines is 1. The van der Waals surface area contributed by atoms with Crippen LogP contribution in [-0.2, 0) is 0 Å². The fourth-order valence-electron chi connectivity index (χ4n) is 2.36. The lowest BCUT2D eigenvalue weighted by Gasteiger charge is -2.26. The van der Waals surface area contributed by atoms with E-state index < -0.39 is 0 Å². The molecule has 5 heteroatoms. The number of amides is 1. The Hall–Kier alpha value is -1.23. The molecule has 1 aromatic heterocycles. The van der Waals surface area contributed by atoms with Crippen molar-refractivity contribution in [1.82, 2.24) is 10.3 Å². The second-order valence-corrected chi connectivity index (χ2v) is 6.02. The number of nitrogens with zero attached hydrogens (tertiary/aromatic N) is 1. The molecule has 0 aromatic carbocycles. The summed E-state index contributed by atoms with van der Waals surface area (Å²) in [7, 11) is 0. The molecular weight excluding hydrogens is 246 g/mol. The van der Waals surface area contributed by atoms with E-state index in [0.717, 1.165) is 6.54 Å². The zero-order valence-corrected chi connectivity index (χ0v) is 11.4. The first-order valence-electron chi connectivity index (χ1n) is 6.20. The van der Waals surface area contributed by atoms with Crippen LogP contribution in [0, 0.1) is 0 Å². The van der Waals surface area contributed by atoms with Crippen LogP contribution in [0.15, 0.2) is 18.3 Å². The number of rotatable bonds is 4. The summed E-state index contributed by atoms with van der Waals surface area (Å²) in [5, 5.41) is 3.01. The number of thioether (sulfide) groups is 1. The van der Waals surface area contributed by atoms with Crippen molar-refractivity contribution >= 4 is 23.5 Å². The van der Waals surface area contributed by atoms with Crippen LogP contribution in [0.25, 0.3) is 0 Å². The van der Waals surface area contributed by atoms with Crippen LogP contribution in [0.4, 0.5) is 5.82 Å². The van der Waals surface area contributed by atoms with E-state index in [9.17, 15) is 4.79 Å². The zero-order chi connectivity index (χ0) is 13.0. The van der Waals surface area contributed by atoms with Gasteiger partial charge in [-0.25, -0.2) is 4.98 Å². The average molecular weight is 265 g/mol. The van der Waals surface area contributed by atoms with Gasteiger partial charge in [-0.15, -0.1) is 0 Å². The van der Waals surface area contributed by atoms with Crippen LogP contribution >= 0.6 is 11.8 Å². The maximum Gasteiger partial charge on any atom is 0.252 e. The molecule has 0 atom stereocenters. The van der Waals surface area contributed by atoms with E-state index in [1.54, 1.807) is 12.1 Å². The van der Waals surface area contributed by atoms with Crippen molar-refractivity contribution in [3.05, 3.63) is 23.9 Å². The van der Waals surface area contributed by atoms with Gasteiger partial charge >= 0.3 is 0 Å². The molecule has 1 saturated carbocycles. The van der Waals surface area contributed by atoms with Gasteiger partial charge in [0.2, 0.25) is 0 Å². The highest BCUT2D eigenvalue weighted by Gasteiger charge is 2.33. The van der Waals surface area contributed by atoms with Gasteiger partial charge in [0.15, 0.2) is 0 Å². The van der Waals surface area contributed by atoms with Crippen LogP contribution in [0.5, 0.6) is 0 Å². The molecule has 1 amide bonds. The lowest BCUT2D eigenvalue weighted by Crippen LogP contribution is -2.38. The van der Waals surface area contributed by atoms with Gasteiger partial charge in [0.05, 0.1) is 5.56 Å². The lowest BCUT2D eigenvalue weighted by atomic mass is 10.1. The van der Waals surface area contributed by atoms with Gasteiger partial charge in [0, 0.05) is 17.5 Å². The molecule has 0 bridgehead atoms. The Morgan fingerprint density at radius 3 is 2.78 bits per heavy atom. The minimum absolute atomic E-state index is 0.0668. The fraction of sp³-hybridized carbons (Fsp3) is 0.538. The molecule has 3 N–H and O–H groups in total. The van der Waals surface area contributed by atoms with Gasteiger partial charge in [-0.2, -0.15) is 11.8 Å². The number of nitrogens with one attached hydrogen (secondary N) is 1. The van der Waals surface area contributed by atoms with E-state index in [1.165, 1.54) is 31.9 Å². The number of hydrogen-bond donors (Lipinski definition) is 2. The first-order valence-corrected chi connectivity index (χ1v) is 7.43. The predicted molar refractivity (Wildman–Crippen MR) is 75.7 cm³/mol. The first-order chi connectivity index (χ1) is 8.65. The van der Waals surface area contributed by atoms with Gasteiger partial charge in [-0.1, -0.05) is 12.8 Å². The molecule has 98 valence electrons. The van der Waals surface area contributed by atoms with Crippen LogP contribution in [0.3, 0.4) is 0 Å². The third-order valence-electron chi connectivity index (χ3n) is 3.57. The molecule has 1 aliphatic rings. The molecule has 1 aromatic rings. The van der Waals surface area contributed by atoms with Crippen molar-refractivity contribution in [3.8, 4) is 0 Å². The quantitative estimate of drug-likeness (QED) is 0.874. The van der Waals surface area contributed by atoms with Gasteiger partial charge in [-0.3, -0.25) is 4.79 Å². The minimum Gasteiger partial charge on any atom is -0.384 e. The highest BCUT2D eigenvalue weighted by atomic mass is 32.2. The molecular formula is C13H19N3OS. The predicted octanol–water partition coefficient (Wildman–Crippen LogP) is 2.07. The molecule has 18 heavy (non-hydrogen) atoms. The van der Waals surface area contributed by atoms with E-state index >= 15 is 0 Å². The molecule has 1 aliphatic carbocycles. The second kappa shape index (κ2) is 5.61. The zero-order valence-electron chi connectivity index (χ0n) is 10.6. The van der Waals surface area contributed by atoms with Gasteiger partial charge in [0.25, 0.3) is 5.91 Å². The summed E-state index contributed by atoms with van der Waals surface area (Å²) in [6, 6.07) is 3.35. The number of hydrogen-bond acceptors (Lipinski definition) is 4. The average Bonchev–Trinajstić information content (AvgIpc) is 2.86. The summed E-state index contributed by atoms with van der Waals surface area (Å²) in [5.41, 5.74) is 6.06. The maximum atomic E-state index is 12.0. The van der Waals surface area contributed by atoms with E-state index in [-0.39, 0.29) is 10.7 Å². The molecule has 0 saturated heterocycles. The second-order valence-electron chi connectivity index (χ2n) is 4.75. The molecule has 1 fully saturated rings. The van der Waals surface area contributed by atoms with Gasteiger partial charge in [0.1, 0.15) is 5.82 Å². The fourth-order valence-corrected chi connectivity index (χ4v) is 3.27. The molecule has 4 nitrogen and oxygen atoms in total. The summed E-state index contributed by atoms with van der Waals surface area (Å²) >= 11 is 1.87. The Balaban J connectivity index is 1.93. The number of nitrogen functional groups attached to an aromatic ring is 1. The maximum absolute atomic E-state index is 12.0. The Morgan fingerprint density at radius 2 is 2.22 bits per heavy atom. The lowest BCUT2D eigenvalue weighted by molar-refractivity contribution is 0.0949. The van der Waals surface area contributed by atoms with E-state index in [2.05, 4.69) is 16.6 Å². The largest absolute Gasteiger partial charge is 0.384 e. The molecule has 0 spiro atoms. The van der Waals surface area contributed by atoms with Gasteiger partial charge < -0.3 is 11.1 Å². The van der Waals surface area contributed by atoms with E-state index in [4.69, 9.17) is 5.73 Å². The monoisotopic (exact) mass is 265 g/mol. The number of carbonyl (C=O) groups is 1. The van der Waals surface area contributed by atoms with Crippen molar-refractivity contribution in [1.29, 1.82) is 0 Å². The Labute approximate surface area is 112 Å². The molecule has 2 rings (SSSR count). The number of aromatic nitrogens is 1.